The first kappa shape index (κ1) is 10.7. The van der Waals surface area contributed by atoms with Crippen LogP contribution in [0.5, 0.6) is 0 Å². The van der Waals surface area contributed by atoms with Gasteiger partial charge in [0.25, 0.3) is 0 Å². The van der Waals surface area contributed by atoms with E-state index < -0.39 is 0 Å². The molecule has 0 amide bonds. The fourth-order valence-corrected chi connectivity index (χ4v) is 0.905. The molecule has 0 heteroatoms. The molecule has 0 spiro atoms. The van der Waals surface area contributed by atoms with E-state index in [1.807, 2.05) is 0 Å². The van der Waals surface area contributed by atoms with E-state index in [1.54, 1.807) is 0 Å². The molecule has 11 heavy (non-hydrogen) atoms. The monoisotopic (exact) mass is 154 g/mol. The van der Waals surface area contributed by atoms with Gasteiger partial charge in [-0.1, -0.05) is 53.7 Å². The van der Waals surface area contributed by atoms with Crippen molar-refractivity contribution in [3.8, 4) is 0 Å². The molecule has 0 aliphatic rings. The van der Waals surface area contributed by atoms with Crippen molar-refractivity contribution in [2.75, 3.05) is 0 Å². The Balaban J connectivity index is 4.11. The second-order valence-electron chi connectivity index (χ2n) is 5.59. The highest BCUT2D eigenvalue weighted by Gasteiger charge is 2.20. The van der Waals surface area contributed by atoms with Crippen LogP contribution in [-0.2, 0) is 0 Å². The van der Waals surface area contributed by atoms with Gasteiger partial charge in [0.15, 0.2) is 0 Å². The van der Waals surface area contributed by atoms with E-state index in [0.29, 0.717) is 5.41 Å². The molecule has 0 saturated heterocycles. The molecule has 0 N–H and O–H groups in total. The van der Waals surface area contributed by atoms with Crippen molar-refractivity contribution in [3.05, 3.63) is 12.2 Å². The first-order chi connectivity index (χ1) is 4.63. The molecule has 0 radical (unpaired) electrons. The van der Waals surface area contributed by atoms with Crippen molar-refractivity contribution in [1.82, 2.24) is 0 Å². The van der Waals surface area contributed by atoms with Crippen LogP contribution < -0.4 is 0 Å². The molecule has 0 aliphatic carbocycles. The number of allylic oxidation sites excluding steroid dienone is 1. The predicted octanol–water partition coefficient (Wildman–Crippen LogP) is 4.02. The van der Waals surface area contributed by atoms with E-state index in [-0.39, 0.29) is 5.41 Å². The van der Waals surface area contributed by atoms with Gasteiger partial charge in [0, 0.05) is 0 Å². The first-order valence-electron chi connectivity index (χ1n) is 4.31. The average Bonchev–Trinajstić information content (AvgIpc) is 1.56. The van der Waals surface area contributed by atoms with Crippen LogP contribution in [0.15, 0.2) is 12.2 Å². The summed E-state index contributed by atoms with van der Waals surface area (Å²) in [4.78, 5) is 0. The largest absolute Gasteiger partial charge is 0.0993 e. The molecule has 0 aromatic heterocycles. The summed E-state index contributed by atoms with van der Waals surface area (Å²) in [6.07, 6.45) is 1.12. The molecule has 0 saturated carbocycles. The molecule has 0 aliphatic heterocycles. The van der Waals surface area contributed by atoms with Gasteiger partial charge in [0.1, 0.15) is 0 Å². The Morgan fingerprint density at radius 1 is 1.00 bits per heavy atom. The number of hydrogen-bond acceptors (Lipinski definition) is 0. The third-order valence-electron chi connectivity index (χ3n) is 1.80. The van der Waals surface area contributed by atoms with Crippen LogP contribution in [0.2, 0.25) is 0 Å². The van der Waals surface area contributed by atoms with Gasteiger partial charge in [-0.15, -0.1) is 0 Å². The Kier molecular flexibility index (Phi) is 2.93. The highest BCUT2D eigenvalue weighted by atomic mass is 14.3. The standard InChI is InChI=1S/C11H22/c1-9(11(5,6)7)8-10(2,3)4/h1,8H2,2-7H3. The first-order valence-corrected chi connectivity index (χ1v) is 4.31. The van der Waals surface area contributed by atoms with Crippen molar-refractivity contribution >= 4 is 0 Å². The van der Waals surface area contributed by atoms with Gasteiger partial charge >= 0.3 is 0 Å². The molecular weight excluding hydrogens is 132 g/mol. The zero-order chi connectivity index (χ0) is 9.28. The molecule has 0 bridgehead atoms. The minimum Gasteiger partial charge on any atom is -0.0993 e. The van der Waals surface area contributed by atoms with Crippen LogP contribution in [-0.4, -0.2) is 0 Å². The fraction of sp³-hybridized carbons (Fsp3) is 0.818. The fourth-order valence-electron chi connectivity index (χ4n) is 0.905. The summed E-state index contributed by atoms with van der Waals surface area (Å²) in [5.74, 6) is 0. The topological polar surface area (TPSA) is 0 Å². The summed E-state index contributed by atoms with van der Waals surface area (Å²) in [6.45, 7) is 17.5. The molecular formula is C11H22. The van der Waals surface area contributed by atoms with Gasteiger partial charge in [0.05, 0.1) is 0 Å². The Labute approximate surface area is 71.7 Å². The van der Waals surface area contributed by atoms with Crippen molar-refractivity contribution in [2.45, 2.75) is 48.0 Å². The summed E-state index contributed by atoms with van der Waals surface area (Å²) in [6, 6.07) is 0. The Hall–Kier alpha value is -0.260. The van der Waals surface area contributed by atoms with Gasteiger partial charge in [-0.05, 0) is 17.3 Å². The van der Waals surface area contributed by atoms with E-state index in [4.69, 9.17) is 0 Å². The van der Waals surface area contributed by atoms with Crippen LogP contribution in [0.25, 0.3) is 0 Å². The van der Waals surface area contributed by atoms with Crippen LogP contribution in [0.1, 0.15) is 48.0 Å². The van der Waals surface area contributed by atoms with Crippen molar-refractivity contribution in [3.63, 3.8) is 0 Å². The summed E-state index contributed by atoms with van der Waals surface area (Å²) < 4.78 is 0. The molecule has 0 rings (SSSR count). The third-order valence-corrected chi connectivity index (χ3v) is 1.80. The summed E-state index contributed by atoms with van der Waals surface area (Å²) >= 11 is 0. The zero-order valence-electron chi connectivity index (χ0n) is 8.91. The summed E-state index contributed by atoms with van der Waals surface area (Å²) in [5.41, 5.74) is 2.00. The SMILES string of the molecule is C=C(CC(C)(C)C)C(C)(C)C. The van der Waals surface area contributed by atoms with Crippen molar-refractivity contribution in [2.24, 2.45) is 10.8 Å². The van der Waals surface area contributed by atoms with Crippen LogP contribution in [0.4, 0.5) is 0 Å². The average molecular weight is 154 g/mol. The van der Waals surface area contributed by atoms with Gasteiger partial charge in [-0.3, -0.25) is 0 Å². The molecule has 66 valence electrons. The maximum absolute atomic E-state index is 4.11. The molecule has 0 aromatic rings. The van der Waals surface area contributed by atoms with Crippen molar-refractivity contribution < 1.29 is 0 Å². The molecule has 0 aromatic carbocycles. The third kappa shape index (κ3) is 5.06. The lowest BCUT2D eigenvalue weighted by Crippen LogP contribution is -2.15. The lowest BCUT2D eigenvalue weighted by Gasteiger charge is -2.28. The Bertz CT molecular complexity index is 138. The highest BCUT2D eigenvalue weighted by molar-refractivity contribution is 5.06. The molecule has 0 fully saturated rings. The molecule has 0 atom stereocenters. The molecule has 0 nitrogen and oxygen atoms in total. The van der Waals surface area contributed by atoms with Crippen LogP contribution in [0, 0.1) is 10.8 Å². The Morgan fingerprint density at radius 3 is 1.45 bits per heavy atom. The normalized spacial score (nSPS) is 13.3. The minimum atomic E-state index is 0.271. The van der Waals surface area contributed by atoms with E-state index in [2.05, 4.69) is 48.1 Å². The second-order valence-corrected chi connectivity index (χ2v) is 5.59. The van der Waals surface area contributed by atoms with E-state index in [9.17, 15) is 0 Å². The van der Waals surface area contributed by atoms with Gasteiger partial charge < -0.3 is 0 Å². The number of rotatable bonds is 1. The highest BCUT2D eigenvalue weighted by Crippen LogP contribution is 2.33. The smallest absolute Gasteiger partial charge is 0.0175 e. The van der Waals surface area contributed by atoms with Gasteiger partial charge in [-0.25, -0.2) is 0 Å². The molecule has 0 heterocycles. The minimum absolute atomic E-state index is 0.271. The Morgan fingerprint density at radius 2 is 1.36 bits per heavy atom. The maximum Gasteiger partial charge on any atom is -0.0175 e. The zero-order valence-corrected chi connectivity index (χ0v) is 8.91. The maximum atomic E-state index is 4.11. The molecule has 0 unspecified atom stereocenters. The number of hydrogen-bond donors (Lipinski definition) is 0. The van der Waals surface area contributed by atoms with Crippen LogP contribution in [0.3, 0.4) is 0 Å². The van der Waals surface area contributed by atoms with Gasteiger partial charge in [-0.2, -0.15) is 0 Å². The van der Waals surface area contributed by atoms with E-state index >= 15 is 0 Å². The quantitative estimate of drug-likeness (QED) is 0.500. The summed E-state index contributed by atoms with van der Waals surface area (Å²) in [7, 11) is 0. The van der Waals surface area contributed by atoms with E-state index in [0.717, 1.165) is 6.42 Å². The van der Waals surface area contributed by atoms with Crippen molar-refractivity contribution in [1.29, 1.82) is 0 Å². The van der Waals surface area contributed by atoms with E-state index in [1.165, 1.54) is 5.57 Å². The second kappa shape index (κ2) is 3.00. The predicted molar refractivity (Wildman–Crippen MR) is 52.7 cm³/mol. The lowest BCUT2D eigenvalue weighted by molar-refractivity contribution is 0.360. The lowest BCUT2D eigenvalue weighted by atomic mass is 9.78. The van der Waals surface area contributed by atoms with Crippen LogP contribution >= 0.6 is 0 Å². The van der Waals surface area contributed by atoms with Gasteiger partial charge in [0.2, 0.25) is 0 Å². The summed E-state index contributed by atoms with van der Waals surface area (Å²) in [5, 5.41) is 0.